The molecule has 0 fully saturated rings. The Kier molecular flexibility index (Phi) is 5.59. The van der Waals surface area contributed by atoms with Crippen molar-refractivity contribution >= 4 is 34.1 Å². The maximum Gasteiger partial charge on any atom is 0.332 e. The number of aryl methyl sites for hydroxylation is 1. The Balaban J connectivity index is 1.59. The highest BCUT2D eigenvalue weighted by Crippen LogP contribution is 2.26. The summed E-state index contributed by atoms with van der Waals surface area (Å²) in [6.45, 7) is 2.23. The van der Waals surface area contributed by atoms with E-state index in [1.165, 1.54) is 29.6 Å². The first kappa shape index (κ1) is 21.0. The van der Waals surface area contributed by atoms with Gasteiger partial charge in [0.25, 0.3) is 11.5 Å². The topological polar surface area (TPSA) is 113 Å². The maximum absolute atomic E-state index is 12.5. The standard InChI is InChI=1S/C22H22N6O4/c1-4-32-17-10-9-14-7-5-6-8-15(14)16(17)11-24-25-18(29)12-28-13-23-19-20(28)26(2)22(31)27(3)21(19)30/h5-11,13H,4,12H2,1-3H3,(H,25,29). The molecule has 164 valence electrons. The predicted molar refractivity (Wildman–Crippen MR) is 121 cm³/mol. The number of hydrazone groups is 1. The van der Waals surface area contributed by atoms with Gasteiger partial charge in [0.15, 0.2) is 5.52 Å². The minimum absolute atomic E-state index is 0.114. The van der Waals surface area contributed by atoms with Gasteiger partial charge in [-0.3, -0.25) is 18.7 Å². The third-order valence-corrected chi connectivity index (χ3v) is 5.14. The molecule has 10 heteroatoms. The monoisotopic (exact) mass is 434 g/mol. The molecule has 0 saturated carbocycles. The fraction of sp³-hybridized carbons (Fsp3) is 0.227. The Morgan fingerprint density at radius 1 is 1.16 bits per heavy atom. The maximum atomic E-state index is 12.5. The summed E-state index contributed by atoms with van der Waals surface area (Å²) in [5, 5.41) is 6.07. The Hall–Kier alpha value is -4.21. The number of imidazole rings is 1. The average Bonchev–Trinajstić information content (AvgIpc) is 3.21. The molecule has 0 aliphatic heterocycles. The number of ether oxygens (including phenoxy) is 1. The number of fused-ring (bicyclic) bond motifs is 2. The van der Waals surface area contributed by atoms with Crippen molar-refractivity contribution in [2.24, 2.45) is 19.2 Å². The summed E-state index contributed by atoms with van der Waals surface area (Å²) in [5.74, 6) is 0.225. The molecule has 1 N–H and O–H groups in total. The van der Waals surface area contributed by atoms with Crippen LogP contribution in [0, 0.1) is 0 Å². The number of hydrogen-bond donors (Lipinski definition) is 1. The average molecular weight is 434 g/mol. The number of aromatic nitrogens is 4. The number of amides is 1. The minimum atomic E-state index is -0.514. The Bertz CT molecular complexity index is 1480. The molecule has 2 heterocycles. The molecular weight excluding hydrogens is 412 g/mol. The van der Waals surface area contributed by atoms with Gasteiger partial charge in [-0.05, 0) is 23.8 Å². The molecule has 10 nitrogen and oxygen atoms in total. The van der Waals surface area contributed by atoms with Crippen LogP contribution in [0.1, 0.15) is 12.5 Å². The molecule has 0 aliphatic carbocycles. The van der Waals surface area contributed by atoms with Crippen LogP contribution in [0.3, 0.4) is 0 Å². The van der Waals surface area contributed by atoms with E-state index < -0.39 is 17.2 Å². The van der Waals surface area contributed by atoms with Crippen LogP contribution in [0.25, 0.3) is 21.9 Å². The molecule has 1 amide bonds. The lowest BCUT2D eigenvalue weighted by molar-refractivity contribution is -0.121. The quantitative estimate of drug-likeness (QED) is 0.361. The molecule has 0 radical (unpaired) electrons. The van der Waals surface area contributed by atoms with E-state index in [9.17, 15) is 14.4 Å². The van der Waals surface area contributed by atoms with Crippen molar-refractivity contribution < 1.29 is 9.53 Å². The SMILES string of the molecule is CCOc1ccc2ccccc2c1C=NNC(=O)Cn1cnc2c(=O)n(C)c(=O)n(C)c21. The van der Waals surface area contributed by atoms with Crippen molar-refractivity contribution in [2.75, 3.05) is 6.61 Å². The lowest BCUT2D eigenvalue weighted by atomic mass is 10.0. The van der Waals surface area contributed by atoms with Gasteiger partial charge < -0.3 is 9.30 Å². The zero-order chi connectivity index (χ0) is 22.8. The highest BCUT2D eigenvalue weighted by Gasteiger charge is 2.15. The Morgan fingerprint density at radius 3 is 2.72 bits per heavy atom. The van der Waals surface area contributed by atoms with Gasteiger partial charge in [0, 0.05) is 19.7 Å². The molecule has 2 aromatic heterocycles. The van der Waals surface area contributed by atoms with Crippen molar-refractivity contribution in [3.05, 3.63) is 69.1 Å². The number of carbonyl (C=O) groups excluding carboxylic acids is 1. The molecule has 0 aliphatic rings. The molecule has 0 spiro atoms. The summed E-state index contributed by atoms with van der Waals surface area (Å²) in [6.07, 6.45) is 2.90. The molecule has 0 atom stereocenters. The number of rotatable bonds is 6. The Morgan fingerprint density at radius 2 is 1.94 bits per heavy atom. The number of nitrogens with zero attached hydrogens (tertiary/aromatic N) is 5. The van der Waals surface area contributed by atoms with E-state index in [2.05, 4.69) is 15.5 Å². The molecule has 2 aromatic carbocycles. The van der Waals surface area contributed by atoms with Gasteiger partial charge in [-0.25, -0.2) is 15.2 Å². The number of nitrogens with one attached hydrogen (secondary N) is 1. The first-order chi connectivity index (χ1) is 15.4. The van der Waals surface area contributed by atoms with Gasteiger partial charge in [0.05, 0.1) is 19.1 Å². The smallest absolute Gasteiger partial charge is 0.332 e. The van der Waals surface area contributed by atoms with Gasteiger partial charge in [0.1, 0.15) is 17.9 Å². The summed E-state index contributed by atoms with van der Waals surface area (Å²) < 4.78 is 9.40. The van der Waals surface area contributed by atoms with E-state index in [4.69, 9.17) is 4.74 Å². The lowest BCUT2D eigenvalue weighted by Gasteiger charge is -2.10. The first-order valence-electron chi connectivity index (χ1n) is 9.99. The molecular formula is C22H22N6O4. The second-order valence-electron chi connectivity index (χ2n) is 7.18. The molecule has 4 rings (SSSR count). The molecule has 0 saturated heterocycles. The van der Waals surface area contributed by atoms with Crippen LogP contribution >= 0.6 is 0 Å². The van der Waals surface area contributed by atoms with E-state index in [1.54, 1.807) is 6.21 Å². The predicted octanol–water partition coefficient (Wildman–Crippen LogP) is 1.14. The number of carbonyl (C=O) groups is 1. The van der Waals surface area contributed by atoms with E-state index in [0.717, 1.165) is 20.9 Å². The van der Waals surface area contributed by atoms with E-state index in [-0.39, 0.29) is 17.7 Å². The fourth-order valence-electron chi connectivity index (χ4n) is 3.60. The van der Waals surface area contributed by atoms with E-state index in [0.29, 0.717) is 12.4 Å². The van der Waals surface area contributed by atoms with Crippen LogP contribution in [0.5, 0.6) is 5.75 Å². The van der Waals surface area contributed by atoms with Crippen molar-refractivity contribution in [1.82, 2.24) is 24.1 Å². The van der Waals surface area contributed by atoms with Crippen molar-refractivity contribution in [3.8, 4) is 5.75 Å². The molecule has 32 heavy (non-hydrogen) atoms. The van der Waals surface area contributed by atoms with Gasteiger partial charge in [-0.15, -0.1) is 0 Å². The van der Waals surface area contributed by atoms with Gasteiger partial charge in [-0.1, -0.05) is 30.3 Å². The second kappa shape index (κ2) is 8.50. The third-order valence-electron chi connectivity index (χ3n) is 5.14. The largest absolute Gasteiger partial charge is 0.493 e. The van der Waals surface area contributed by atoms with E-state index >= 15 is 0 Å². The van der Waals surface area contributed by atoms with Crippen molar-refractivity contribution in [1.29, 1.82) is 0 Å². The van der Waals surface area contributed by atoms with Crippen LogP contribution in [0.15, 0.2) is 57.4 Å². The third kappa shape index (κ3) is 3.66. The second-order valence-corrected chi connectivity index (χ2v) is 7.18. The van der Waals surface area contributed by atoms with E-state index in [1.807, 2.05) is 43.3 Å². The highest BCUT2D eigenvalue weighted by atomic mass is 16.5. The normalized spacial score (nSPS) is 11.5. The minimum Gasteiger partial charge on any atom is -0.493 e. The van der Waals surface area contributed by atoms with Crippen LogP contribution in [-0.4, -0.2) is 37.4 Å². The summed E-state index contributed by atoms with van der Waals surface area (Å²) in [5.41, 5.74) is 2.61. The van der Waals surface area contributed by atoms with Crippen LogP contribution in [0.2, 0.25) is 0 Å². The molecule has 0 bridgehead atoms. The number of hydrogen-bond acceptors (Lipinski definition) is 6. The summed E-state index contributed by atoms with van der Waals surface area (Å²) in [4.78, 5) is 41.0. The summed E-state index contributed by atoms with van der Waals surface area (Å²) in [6, 6.07) is 11.6. The van der Waals surface area contributed by atoms with Crippen LogP contribution in [0.4, 0.5) is 0 Å². The zero-order valence-electron chi connectivity index (χ0n) is 17.9. The lowest BCUT2D eigenvalue weighted by Crippen LogP contribution is -2.37. The van der Waals surface area contributed by atoms with Gasteiger partial charge in [0.2, 0.25) is 0 Å². The summed E-state index contributed by atoms with van der Waals surface area (Å²) >= 11 is 0. The van der Waals surface area contributed by atoms with Crippen molar-refractivity contribution in [2.45, 2.75) is 13.5 Å². The van der Waals surface area contributed by atoms with Crippen molar-refractivity contribution in [3.63, 3.8) is 0 Å². The number of benzene rings is 2. The zero-order valence-corrected chi connectivity index (χ0v) is 17.9. The van der Waals surface area contributed by atoms with Crippen LogP contribution in [-0.2, 0) is 25.4 Å². The first-order valence-corrected chi connectivity index (χ1v) is 9.99. The molecule has 0 unspecified atom stereocenters. The highest BCUT2D eigenvalue weighted by molar-refractivity contribution is 6.02. The van der Waals surface area contributed by atoms with Gasteiger partial charge in [-0.2, -0.15) is 5.10 Å². The van der Waals surface area contributed by atoms with Gasteiger partial charge >= 0.3 is 5.69 Å². The molecule has 4 aromatic rings. The Labute approximate surface area is 182 Å². The summed E-state index contributed by atoms with van der Waals surface area (Å²) in [7, 11) is 2.91. The van der Waals surface area contributed by atoms with Crippen LogP contribution < -0.4 is 21.4 Å². The fourth-order valence-corrected chi connectivity index (χ4v) is 3.60.